The zero-order valence-electron chi connectivity index (χ0n) is 15.2. The lowest BCUT2D eigenvalue weighted by Crippen LogP contribution is -2.52. The van der Waals surface area contributed by atoms with E-state index < -0.39 is 5.79 Å². The van der Waals surface area contributed by atoms with Gasteiger partial charge in [0.2, 0.25) is 5.91 Å². The van der Waals surface area contributed by atoms with Gasteiger partial charge in [-0.25, -0.2) is 4.99 Å². The van der Waals surface area contributed by atoms with Crippen molar-refractivity contribution in [2.24, 2.45) is 10.9 Å². The quantitative estimate of drug-likeness (QED) is 0.392. The Morgan fingerprint density at radius 3 is 2.62 bits per heavy atom. The molecule has 0 aliphatic carbocycles. The average Bonchev–Trinajstić information content (AvgIpc) is 2.99. The Labute approximate surface area is 162 Å². The van der Waals surface area contributed by atoms with Crippen molar-refractivity contribution in [3.63, 3.8) is 0 Å². The number of likely N-dealkylation sites (N-methyl/N-ethyl adjacent to an activating group) is 1. The fraction of sp³-hybridized carbons (Fsp3) is 0.875. The smallest absolute Gasteiger partial charge is 0.243 e. The number of hydrogen-bond acceptors (Lipinski definition) is 4. The highest BCUT2D eigenvalue weighted by Crippen LogP contribution is 2.34. The van der Waals surface area contributed by atoms with Crippen LogP contribution in [0.15, 0.2) is 4.99 Å². The zero-order chi connectivity index (χ0) is 16.9. The molecule has 1 N–H and O–H groups in total. The van der Waals surface area contributed by atoms with Gasteiger partial charge in [-0.3, -0.25) is 4.79 Å². The molecule has 0 aromatic carbocycles. The number of halogens is 1. The summed E-state index contributed by atoms with van der Waals surface area (Å²) in [6.45, 7) is 8.12. The zero-order valence-corrected chi connectivity index (χ0v) is 17.5. The van der Waals surface area contributed by atoms with Crippen LogP contribution in [0.1, 0.15) is 26.7 Å². The van der Waals surface area contributed by atoms with E-state index in [0.29, 0.717) is 19.1 Å². The molecule has 2 saturated heterocycles. The van der Waals surface area contributed by atoms with Crippen LogP contribution in [0.2, 0.25) is 0 Å². The van der Waals surface area contributed by atoms with Crippen molar-refractivity contribution in [2.75, 3.05) is 53.5 Å². The second kappa shape index (κ2) is 9.76. The third kappa shape index (κ3) is 5.45. The summed E-state index contributed by atoms with van der Waals surface area (Å²) in [5.41, 5.74) is 0. The van der Waals surface area contributed by atoms with Crippen molar-refractivity contribution in [2.45, 2.75) is 32.5 Å². The fourth-order valence-electron chi connectivity index (χ4n) is 3.07. The van der Waals surface area contributed by atoms with E-state index in [1.807, 2.05) is 13.8 Å². The van der Waals surface area contributed by atoms with Gasteiger partial charge in [0.05, 0.1) is 13.2 Å². The van der Waals surface area contributed by atoms with Gasteiger partial charge in [0.25, 0.3) is 0 Å². The second-order valence-electron chi connectivity index (χ2n) is 6.46. The van der Waals surface area contributed by atoms with Gasteiger partial charge >= 0.3 is 0 Å². The molecular weight excluding hydrogens is 423 g/mol. The summed E-state index contributed by atoms with van der Waals surface area (Å²) in [6.07, 6.45) is 2.15. The number of ether oxygens (including phenoxy) is 2. The Balaban J connectivity index is 0.00000288. The Bertz CT molecular complexity index is 439. The topological polar surface area (TPSA) is 66.4 Å². The number of carbonyl (C=O) groups is 1. The predicted molar refractivity (Wildman–Crippen MR) is 105 cm³/mol. The number of amides is 1. The molecule has 2 aliphatic rings. The lowest BCUT2D eigenvalue weighted by atomic mass is 9.90. The molecule has 140 valence electrons. The van der Waals surface area contributed by atoms with Gasteiger partial charge in [0.15, 0.2) is 11.7 Å². The molecule has 2 rings (SSSR count). The maximum Gasteiger partial charge on any atom is 0.243 e. The van der Waals surface area contributed by atoms with Crippen molar-refractivity contribution in [1.82, 2.24) is 15.1 Å². The molecule has 2 heterocycles. The number of nitrogens with one attached hydrogen (secondary N) is 1. The minimum Gasteiger partial charge on any atom is -0.357 e. The van der Waals surface area contributed by atoms with Gasteiger partial charge in [-0.05, 0) is 26.7 Å². The molecule has 2 fully saturated rings. The molecule has 1 atom stereocenters. The van der Waals surface area contributed by atoms with Crippen molar-refractivity contribution >= 4 is 35.8 Å². The molecule has 1 unspecified atom stereocenters. The first kappa shape index (κ1) is 21.4. The van der Waals surface area contributed by atoms with Crippen LogP contribution in [0.5, 0.6) is 0 Å². The lowest BCUT2D eigenvalue weighted by Gasteiger charge is -2.41. The summed E-state index contributed by atoms with van der Waals surface area (Å²) >= 11 is 0. The van der Waals surface area contributed by atoms with Crippen LogP contribution in [-0.2, 0) is 14.3 Å². The van der Waals surface area contributed by atoms with Crippen LogP contribution in [0, 0.1) is 5.92 Å². The van der Waals surface area contributed by atoms with E-state index in [1.54, 1.807) is 19.0 Å². The van der Waals surface area contributed by atoms with Crippen molar-refractivity contribution in [3.05, 3.63) is 0 Å². The minimum absolute atomic E-state index is 0. The summed E-state index contributed by atoms with van der Waals surface area (Å²) in [7, 11) is 3.49. The van der Waals surface area contributed by atoms with Gasteiger partial charge < -0.3 is 24.6 Å². The first-order valence-corrected chi connectivity index (χ1v) is 8.47. The summed E-state index contributed by atoms with van der Waals surface area (Å²) in [5.74, 6) is 0.625. The number of carbonyl (C=O) groups excluding carboxylic acids is 1. The summed E-state index contributed by atoms with van der Waals surface area (Å²) in [4.78, 5) is 20.1. The minimum atomic E-state index is -0.491. The van der Waals surface area contributed by atoms with Crippen LogP contribution in [0.3, 0.4) is 0 Å². The third-order valence-electron chi connectivity index (χ3n) is 4.52. The van der Waals surface area contributed by atoms with Gasteiger partial charge in [0, 0.05) is 39.6 Å². The molecule has 8 heteroatoms. The van der Waals surface area contributed by atoms with Gasteiger partial charge in [-0.15, -0.1) is 24.0 Å². The van der Waals surface area contributed by atoms with Crippen molar-refractivity contribution < 1.29 is 14.3 Å². The van der Waals surface area contributed by atoms with Crippen LogP contribution in [-0.4, -0.2) is 80.9 Å². The first-order valence-electron chi connectivity index (χ1n) is 8.47. The van der Waals surface area contributed by atoms with Crippen molar-refractivity contribution in [1.29, 1.82) is 0 Å². The van der Waals surface area contributed by atoms with E-state index in [-0.39, 0.29) is 36.4 Å². The molecule has 24 heavy (non-hydrogen) atoms. The first-order chi connectivity index (χ1) is 11.0. The Morgan fingerprint density at radius 2 is 2.04 bits per heavy atom. The largest absolute Gasteiger partial charge is 0.357 e. The summed E-state index contributed by atoms with van der Waals surface area (Å²) in [6, 6.07) is 0. The number of nitrogens with zero attached hydrogens (tertiary/aromatic N) is 3. The molecule has 1 amide bonds. The number of aliphatic imine (C=N–C) groups is 1. The second-order valence-corrected chi connectivity index (χ2v) is 6.46. The van der Waals surface area contributed by atoms with E-state index in [0.717, 1.165) is 38.4 Å². The molecule has 0 aromatic rings. The Hall–Kier alpha value is -0.610. The molecule has 0 saturated carbocycles. The number of guanidine groups is 1. The Kier molecular flexibility index (Phi) is 8.72. The SMILES string of the molecule is CCNC(=NCC(=O)N(C)C)N1CCCC(C2(C)OCCO2)C1.I. The molecular formula is C16H31IN4O3. The molecule has 2 aliphatic heterocycles. The van der Waals surface area contributed by atoms with E-state index in [9.17, 15) is 4.79 Å². The van der Waals surface area contributed by atoms with Crippen LogP contribution in [0.25, 0.3) is 0 Å². The number of rotatable bonds is 4. The number of piperidine rings is 1. The highest BCUT2D eigenvalue weighted by Gasteiger charge is 2.42. The normalized spacial score (nSPS) is 23.6. The molecule has 0 spiro atoms. The Morgan fingerprint density at radius 1 is 1.38 bits per heavy atom. The molecule has 0 radical (unpaired) electrons. The highest BCUT2D eigenvalue weighted by molar-refractivity contribution is 14.0. The van der Waals surface area contributed by atoms with E-state index >= 15 is 0 Å². The summed E-state index contributed by atoms with van der Waals surface area (Å²) < 4.78 is 11.7. The predicted octanol–water partition coefficient (Wildman–Crippen LogP) is 1.13. The fourth-order valence-corrected chi connectivity index (χ4v) is 3.07. The van der Waals surface area contributed by atoms with Crippen LogP contribution in [0.4, 0.5) is 0 Å². The highest BCUT2D eigenvalue weighted by atomic mass is 127. The van der Waals surface area contributed by atoms with Gasteiger partial charge in [0.1, 0.15) is 6.54 Å². The van der Waals surface area contributed by atoms with Crippen LogP contribution < -0.4 is 5.32 Å². The standard InChI is InChI=1S/C16H30N4O3.HI/c1-5-17-15(18-11-14(21)19(3)4)20-8-6-7-13(12-20)16(2)22-9-10-23-16;/h13H,5-12H2,1-4H3,(H,17,18);1H. The van der Waals surface area contributed by atoms with Crippen molar-refractivity contribution in [3.8, 4) is 0 Å². The monoisotopic (exact) mass is 454 g/mol. The molecule has 0 aromatic heterocycles. The van der Waals surface area contributed by atoms with Crippen LogP contribution >= 0.6 is 24.0 Å². The van der Waals surface area contributed by atoms with E-state index in [2.05, 4.69) is 15.2 Å². The lowest BCUT2D eigenvalue weighted by molar-refractivity contribution is -0.189. The maximum atomic E-state index is 11.8. The van der Waals surface area contributed by atoms with Gasteiger partial charge in [-0.1, -0.05) is 0 Å². The maximum absolute atomic E-state index is 11.8. The molecule has 7 nitrogen and oxygen atoms in total. The number of likely N-dealkylation sites (tertiary alicyclic amines) is 1. The third-order valence-corrected chi connectivity index (χ3v) is 4.52. The van der Waals surface area contributed by atoms with Gasteiger partial charge in [-0.2, -0.15) is 0 Å². The molecule has 0 bridgehead atoms. The van der Waals surface area contributed by atoms with E-state index in [1.165, 1.54) is 0 Å². The summed E-state index contributed by atoms with van der Waals surface area (Å²) in [5, 5.41) is 3.29. The average molecular weight is 454 g/mol. The van der Waals surface area contributed by atoms with E-state index in [4.69, 9.17) is 9.47 Å². The number of hydrogen-bond donors (Lipinski definition) is 1.